The van der Waals surface area contributed by atoms with Crippen molar-refractivity contribution in [2.24, 2.45) is 5.73 Å². The predicted molar refractivity (Wildman–Crippen MR) is 65.8 cm³/mol. The van der Waals surface area contributed by atoms with E-state index in [1.165, 1.54) is 6.07 Å². The van der Waals surface area contributed by atoms with Gasteiger partial charge in [-0.3, -0.25) is 14.9 Å². The summed E-state index contributed by atoms with van der Waals surface area (Å²) in [5.74, 6) is -0.594. The normalized spacial score (nSPS) is 10.1. The lowest BCUT2D eigenvalue weighted by molar-refractivity contribution is -0.385. The molecule has 5 heteroatoms. The molecule has 1 rings (SSSR count). The van der Waals surface area contributed by atoms with Gasteiger partial charge in [0, 0.05) is 11.1 Å². The molecule has 5 nitrogen and oxygen atoms in total. The maximum atomic E-state index is 11.3. The smallest absolute Gasteiger partial charge is 0.280 e. The number of nitro benzene ring substituents is 1. The summed E-state index contributed by atoms with van der Waals surface area (Å²) in [6.07, 6.45) is 0. The SMILES string of the molecule is C=C(C)c1c(C)c(C(N)=O)cc(C)c1[N+](=O)[O-]. The maximum absolute atomic E-state index is 11.3. The molecular weight excluding hydrogens is 220 g/mol. The van der Waals surface area contributed by atoms with Gasteiger partial charge in [-0.25, -0.2) is 0 Å². The number of carbonyl (C=O) groups is 1. The first-order valence-electron chi connectivity index (χ1n) is 5.01. The second-order valence-electron chi connectivity index (χ2n) is 3.99. The van der Waals surface area contributed by atoms with Crippen LogP contribution in [0.1, 0.15) is 34.0 Å². The Kier molecular flexibility index (Phi) is 3.31. The van der Waals surface area contributed by atoms with Gasteiger partial charge in [-0.1, -0.05) is 6.58 Å². The quantitative estimate of drug-likeness (QED) is 0.643. The number of benzene rings is 1. The Balaban J connectivity index is 3.78. The number of allylic oxidation sites excluding steroid dienone is 1. The van der Waals surface area contributed by atoms with Crippen molar-refractivity contribution in [3.63, 3.8) is 0 Å². The lowest BCUT2D eigenvalue weighted by Gasteiger charge is -2.12. The van der Waals surface area contributed by atoms with Crippen LogP contribution in [0.3, 0.4) is 0 Å². The average Bonchev–Trinajstić information content (AvgIpc) is 2.18. The van der Waals surface area contributed by atoms with Gasteiger partial charge in [-0.2, -0.15) is 0 Å². The number of amides is 1. The van der Waals surface area contributed by atoms with Gasteiger partial charge in [-0.05, 0) is 38.0 Å². The third kappa shape index (κ3) is 2.18. The van der Waals surface area contributed by atoms with Gasteiger partial charge in [0.15, 0.2) is 0 Å². The van der Waals surface area contributed by atoms with Crippen LogP contribution in [0.25, 0.3) is 5.57 Å². The molecular formula is C12H14N2O3. The fraction of sp³-hybridized carbons (Fsp3) is 0.250. The van der Waals surface area contributed by atoms with Gasteiger partial charge in [0.25, 0.3) is 5.69 Å². The van der Waals surface area contributed by atoms with E-state index in [0.717, 1.165) is 0 Å². The number of hydrogen-bond acceptors (Lipinski definition) is 3. The topological polar surface area (TPSA) is 86.2 Å². The molecule has 0 fully saturated rings. The minimum Gasteiger partial charge on any atom is -0.366 e. The van der Waals surface area contributed by atoms with E-state index in [1.54, 1.807) is 20.8 Å². The number of aryl methyl sites for hydroxylation is 1. The molecule has 0 aliphatic heterocycles. The van der Waals surface area contributed by atoms with E-state index in [-0.39, 0.29) is 5.69 Å². The predicted octanol–water partition coefficient (Wildman–Crippen LogP) is 2.34. The Morgan fingerprint density at radius 3 is 2.35 bits per heavy atom. The minimum atomic E-state index is -0.594. The molecule has 0 saturated carbocycles. The maximum Gasteiger partial charge on any atom is 0.280 e. The van der Waals surface area contributed by atoms with Crippen LogP contribution in [0.2, 0.25) is 0 Å². The first kappa shape index (κ1) is 12.9. The van der Waals surface area contributed by atoms with E-state index in [4.69, 9.17) is 5.73 Å². The van der Waals surface area contributed by atoms with Crippen molar-refractivity contribution < 1.29 is 9.72 Å². The molecule has 0 aliphatic rings. The van der Waals surface area contributed by atoms with Crippen molar-refractivity contribution in [2.45, 2.75) is 20.8 Å². The van der Waals surface area contributed by atoms with E-state index in [0.29, 0.717) is 27.8 Å². The summed E-state index contributed by atoms with van der Waals surface area (Å²) < 4.78 is 0. The standard InChI is InChI=1S/C12H14N2O3/c1-6(2)10-8(4)9(12(13)15)5-7(3)11(10)14(16)17/h5H,1H2,2-4H3,(H2,13,15). The zero-order valence-corrected chi connectivity index (χ0v) is 10.0. The Hall–Kier alpha value is -2.17. The summed E-state index contributed by atoms with van der Waals surface area (Å²) in [6.45, 7) is 8.60. The molecule has 0 heterocycles. The molecule has 0 unspecified atom stereocenters. The lowest BCUT2D eigenvalue weighted by Crippen LogP contribution is -2.15. The molecule has 0 aromatic heterocycles. The molecule has 1 amide bonds. The van der Waals surface area contributed by atoms with Crippen LogP contribution in [0.4, 0.5) is 5.69 Å². The molecule has 17 heavy (non-hydrogen) atoms. The Bertz CT molecular complexity index is 533. The number of hydrogen-bond donors (Lipinski definition) is 1. The number of primary amides is 1. The van der Waals surface area contributed by atoms with E-state index in [9.17, 15) is 14.9 Å². The summed E-state index contributed by atoms with van der Waals surface area (Å²) in [4.78, 5) is 21.8. The summed E-state index contributed by atoms with van der Waals surface area (Å²) in [6, 6.07) is 1.45. The fourth-order valence-corrected chi connectivity index (χ4v) is 1.92. The van der Waals surface area contributed by atoms with Crippen LogP contribution in [0.15, 0.2) is 12.6 Å². The molecule has 2 N–H and O–H groups in total. The van der Waals surface area contributed by atoms with E-state index < -0.39 is 10.8 Å². The van der Waals surface area contributed by atoms with Crippen molar-refractivity contribution in [2.75, 3.05) is 0 Å². The number of nitro groups is 1. The van der Waals surface area contributed by atoms with Gasteiger partial charge in [0.05, 0.1) is 10.5 Å². The monoisotopic (exact) mass is 234 g/mol. The average molecular weight is 234 g/mol. The van der Waals surface area contributed by atoms with Crippen molar-refractivity contribution in [1.29, 1.82) is 0 Å². The van der Waals surface area contributed by atoms with Gasteiger partial charge in [0.2, 0.25) is 5.91 Å². The first-order valence-corrected chi connectivity index (χ1v) is 5.01. The number of carbonyl (C=O) groups excluding carboxylic acids is 1. The molecule has 0 saturated heterocycles. The van der Waals surface area contributed by atoms with Crippen LogP contribution < -0.4 is 5.73 Å². The molecule has 0 atom stereocenters. The zero-order chi connectivity index (χ0) is 13.3. The third-order valence-corrected chi connectivity index (χ3v) is 2.62. The highest BCUT2D eigenvalue weighted by molar-refractivity contribution is 5.97. The van der Waals surface area contributed by atoms with E-state index >= 15 is 0 Å². The highest BCUT2D eigenvalue weighted by atomic mass is 16.6. The highest BCUT2D eigenvalue weighted by Gasteiger charge is 2.24. The van der Waals surface area contributed by atoms with E-state index in [1.807, 2.05) is 0 Å². The first-order chi connectivity index (χ1) is 7.77. The lowest BCUT2D eigenvalue weighted by atomic mass is 9.93. The molecule has 0 radical (unpaired) electrons. The van der Waals surface area contributed by atoms with Gasteiger partial charge < -0.3 is 5.73 Å². The van der Waals surface area contributed by atoms with Crippen LogP contribution in [-0.2, 0) is 0 Å². The van der Waals surface area contributed by atoms with Crippen LogP contribution >= 0.6 is 0 Å². The fourth-order valence-electron chi connectivity index (χ4n) is 1.92. The van der Waals surface area contributed by atoms with Crippen molar-refractivity contribution in [3.05, 3.63) is 45.0 Å². The largest absolute Gasteiger partial charge is 0.366 e. The Morgan fingerprint density at radius 2 is 2.00 bits per heavy atom. The number of nitrogens with zero attached hydrogens (tertiary/aromatic N) is 1. The summed E-state index contributed by atoms with van der Waals surface area (Å²) in [7, 11) is 0. The molecule has 0 aliphatic carbocycles. The van der Waals surface area contributed by atoms with Gasteiger partial charge >= 0.3 is 0 Å². The second kappa shape index (κ2) is 4.37. The van der Waals surface area contributed by atoms with Crippen LogP contribution in [-0.4, -0.2) is 10.8 Å². The molecule has 0 spiro atoms. The zero-order valence-electron chi connectivity index (χ0n) is 10.0. The van der Waals surface area contributed by atoms with Crippen molar-refractivity contribution in [3.8, 4) is 0 Å². The Morgan fingerprint density at radius 1 is 1.47 bits per heavy atom. The molecule has 1 aromatic rings. The second-order valence-corrected chi connectivity index (χ2v) is 3.99. The number of rotatable bonds is 3. The third-order valence-electron chi connectivity index (χ3n) is 2.62. The van der Waals surface area contributed by atoms with Gasteiger partial charge in [0.1, 0.15) is 0 Å². The Labute approximate surface area is 99.1 Å². The van der Waals surface area contributed by atoms with Crippen LogP contribution in [0, 0.1) is 24.0 Å². The van der Waals surface area contributed by atoms with E-state index in [2.05, 4.69) is 6.58 Å². The van der Waals surface area contributed by atoms with Gasteiger partial charge in [-0.15, -0.1) is 0 Å². The number of nitrogens with two attached hydrogens (primary N) is 1. The van der Waals surface area contributed by atoms with Crippen LogP contribution in [0.5, 0.6) is 0 Å². The summed E-state index contributed by atoms with van der Waals surface area (Å²) in [5.41, 5.74) is 7.37. The van der Waals surface area contributed by atoms with Crippen molar-refractivity contribution in [1.82, 2.24) is 0 Å². The molecule has 1 aromatic carbocycles. The van der Waals surface area contributed by atoms with Crippen molar-refractivity contribution >= 4 is 17.2 Å². The highest BCUT2D eigenvalue weighted by Crippen LogP contribution is 2.33. The molecule has 90 valence electrons. The molecule has 0 bridgehead atoms. The summed E-state index contributed by atoms with van der Waals surface area (Å²) >= 11 is 0. The minimum absolute atomic E-state index is 0.0139. The summed E-state index contributed by atoms with van der Waals surface area (Å²) in [5, 5.41) is 11.0.